The third-order valence-corrected chi connectivity index (χ3v) is 5.44. The Morgan fingerprint density at radius 3 is 1.97 bits per heavy atom. The van der Waals surface area contributed by atoms with Crippen molar-refractivity contribution in [3.05, 3.63) is 132 Å². The third-order valence-electron chi connectivity index (χ3n) is 5.44. The Morgan fingerprint density at radius 2 is 1.25 bits per heavy atom. The fraction of sp³-hybridized carbons (Fsp3) is 0. The van der Waals surface area contributed by atoms with Crippen LogP contribution in [0.4, 0.5) is 17.3 Å². The third kappa shape index (κ3) is 5.15. The predicted molar refractivity (Wildman–Crippen MR) is 139 cm³/mol. The number of carbonyl (C=O) groups is 2. The summed E-state index contributed by atoms with van der Waals surface area (Å²) in [5.41, 5.74) is 3.43. The molecule has 174 valence electrons. The molecule has 0 fully saturated rings. The Hall–Kier alpha value is -5.17. The van der Waals surface area contributed by atoms with Crippen molar-refractivity contribution in [2.45, 2.75) is 0 Å². The van der Waals surface area contributed by atoms with E-state index in [0.29, 0.717) is 17.2 Å². The molecular weight excluding hydrogens is 450 g/mol. The van der Waals surface area contributed by atoms with Crippen LogP contribution in [0.1, 0.15) is 26.4 Å². The molecule has 0 saturated carbocycles. The largest absolute Gasteiger partial charge is 0.340 e. The fourth-order valence-corrected chi connectivity index (χ4v) is 3.72. The van der Waals surface area contributed by atoms with Crippen LogP contribution in [-0.2, 0) is 0 Å². The molecule has 1 amide bonds. The number of pyridine rings is 3. The Kier molecular flexibility index (Phi) is 6.53. The second-order valence-electron chi connectivity index (χ2n) is 7.90. The van der Waals surface area contributed by atoms with E-state index in [-0.39, 0.29) is 17.0 Å². The maximum absolute atomic E-state index is 13.1. The van der Waals surface area contributed by atoms with Crippen LogP contribution < -0.4 is 10.6 Å². The Balaban J connectivity index is 1.37. The van der Waals surface area contributed by atoms with Gasteiger partial charge < -0.3 is 10.6 Å². The lowest BCUT2D eigenvalue weighted by atomic mass is 10.0. The average Bonchev–Trinajstić information content (AvgIpc) is 2.94. The van der Waals surface area contributed by atoms with E-state index in [2.05, 4.69) is 25.6 Å². The van der Waals surface area contributed by atoms with Crippen molar-refractivity contribution < 1.29 is 9.59 Å². The minimum absolute atomic E-state index is 0.0387. The second kappa shape index (κ2) is 10.4. The van der Waals surface area contributed by atoms with Gasteiger partial charge in [0.25, 0.3) is 5.91 Å². The van der Waals surface area contributed by atoms with Gasteiger partial charge in [0.05, 0.1) is 5.56 Å². The lowest BCUT2D eigenvalue weighted by Gasteiger charge is -2.10. The van der Waals surface area contributed by atoms with E-state index in [1.165, 1.54) is 6.20 Å². The van der Waals surface area contributed by atoms with Gasteiger partial charge in [0.15, 0.2) is 5.78 Å². The molecule has 3 heterocycles. The summed E-state index contributed by atoms with van der Waals surface area (Å²) < 4.78 is 0. The Labute approximate surface area is 207 Å². The Bertz CT molecular complexity index is 1520. The molecule has 0 aliphatic carbocycles. The molecule has 0 aliphatic rings. The van der Waals surface area contributed by atoms with Crippen molar-refractivity contribution >= 4 is 29.0 Å². The van der Waals surface area contributed by atoms with Crippen LogP contribution >= 0.6 is 0 Å². The second-order valence-corrected chi connectivity index (χ2v) is 7.90. The molecule has 7 heteroatoms. The van der Waals surface area contributed by atoms with E-state index in [9.17, 15) is 9.59 Å². The summed E-state index contributed by atoms with van der Waals surface area (Å²) in [5.74, 6) is 0.251. The number of aromatic nitrogens is 3. The van der Waals surface area contributed by atoms with Gasteiger partial charge in [-0.3, -0.25) is 14.6 Å². The minimum atomic E-state index is -0.513. The van der Waals surface area contributed by atoms with Gasteiger partial charge >= 0.3 is 0 Å². The van der Waals surface area contributed by atoms with Gasteiger partial charge in [-0.05, 0) is 59.7 Å². The van der Waals surface area contributed by atoms with Gasteiger partial charge in [0, 0.05) is 29.8 Å². The summed E-state index contributed by atoms with van der Waals surface area (Å²) >= 11 is 0. The molecule has 0 atom stereocenters. The van der Waals surface area contributed by atoms with Crippen molar-refractivity contribution in [3.63, 3.8) is 0 Å². The summed E-state index contributed by atoms with van der Waals surface area (Å²) in [4.78, 5) is 38.9. The van der Waals surface area contributed by atoms with Crippen LogP contribution in [0, 0.1) is 0 Å². The molecule has 0 radical (unpaired) electrons. The monoisotopic (exact) mass is 471 g/mol. The summed E-state index contributed by atoms with van der Waals surface area (Å²) in [6.45, 7) is 0. The lowest BCUT2D eigenvalue weighted by Crippen LogP contribution is -2.19. The zero-order chi connectivity index (χ0) is 24.7. The van der Waals surface area contributed by atoms with Gasteiger partial charge in [-0.15, -0.1) is 0 Å². The molecular formula is C29H21N5O2. The van der Waals surface area contributed by atoms with E-state index in [0.717, 1.165) is 16.8 Å². The molecule has 5 aromatic rings. The van der Waals surface area contributed by atoms with Crippen LogP contribution in [0.2, 0.25) is 0 Å². The van der Waals surface area contributed by atoms with E-state index in [4.69, 9.17) is 0 Å². The van der Waals surface area contributed by atoms with Crippen LogP contribution in [0.3, 0.4) is 0 Å². The van der Waals surface area contributed by atoms with Gasteiger partial charge in [-0.1, -0.05) is 48.5 Å². The topological polar surface area (TPSA) is 96.9 Å². The van der Waals surface area contributed by atoms with E-state index in [1.54, 1.807) is 54.9 Å². The molecule has 3 aromatic heterocycles. The summed E-state index contributed by atoms with van der Waals surface area (Å²) in [7, 11) is 0. The fourth-order valence-electron chi connectivity index (χ4n) is 3.72. The number of hydrogen-bond donors (Lipinski definition) is 2. The van der Waals surface area contributed by atoms with Gasteiger partial charge in [0.2, 0.25) is 0 Å². The van der Waals surface area contributed by atoms with E-state index < -0.39 is 5.91 Å². The first-order chi connectivity index (χ1) is 17.7. The number of para-hydroxylation sites is 1. The van der Waals surface area contributed by atoms with Crippen molar-refractivity contribution in [1.82, 2.24) is 15.0 Å². The zero-order valence-electron chi connectivity index (χ0n) is 19.1. The highest BCUT2D eigenvalue weighted by molar-refractivity contribution is 6.16. The van der Waals surface area contributed by atoms with Gasteiger partial charge in [-0.2, -0.15) is 0 Å². The van der Waals surface area contributed by atoms with Crippen LogP contribution in [0.25, 0.3) is 11.1 Å². The van der Waals surface area contributed by atoms with Crippen LogP contribution in [0.15, 0.2) is 116 Å². The SMILES string of the molecule is O=C(c1ccccc1)c1cccnc1C(=O)Nc1cc(-c2ccnc(Nc3ccccc3)c2)ccn1. The summed E-state index contributed by atoms with van der Waals surface area (Å²) in [6.07, 6.45) is 4.82. The number of anilines is 3. The Morgan fingerprint density at radius 1 is 0.611 bits per heavy atom. The van der Waals surface area contributed by atoms with Crippen molar-refractivity contribution in [2.24, 2.45) is 0 Å². The predicted octanol–water partition coefficient (Wildman–Crippen LogP) is 5.77. The smallest absolute Gasteiger partial charge is 0.276 e. The average molecular weight is 472 g/mol. The number of nitrogens with zero attached hydrogens (tertiary/aromatic N) is 3. The lowest BCUT2D eigenvalue weighted by molar-refractivity contribution is 0.0992. The highest BCUT2D eigenvalue weighted by Crippen LogP contribution is 2.25. The van der Waals surface area contributed by atoms with E-state index in [1.807, 2.05) is 54.6 Å². The van der Waals surface area contributed by atoms with Crippen molar-refractivity contribution in [3.8, 4) is 11.1 Å². The molecule has 0 aliphatic heterocycles. The quantitative estimate of drug-likeness (QED) is 0.293. The first kappa shape index (κ1) is 22.6. The molecule has 2 aromatic carbocycles. The first-order valence-electron chi connectivity index (χ1n) is 11.3. The maximum Gasteiger partial charge on any atom is 0.276 e. The molecule has 0 bridgehead atoms. The van der Waals surface area contributed by atoms with Crippen molar-refractivity contribution in [1.29, 1.82) is 0 Å². The number of rotatable bonds is 7. The molecule has 0 unspecified atom stereocenters. The van der Waals surface area contributed by atoms with Gasteiger partial charge in [0.1, 0.15) is 17.3 Å². The first-order valence-corrected chi connectivity index (χ1v) is 11.3. The minimum Gasteiger partial charge on any atom is -0.340 e. The highest BCUT2D eigenvalue weighted by Gasteiger charge is 2.20. The van der Waals surface area contributed by atoms with Crippen LogP contribution in [0.5, 0.6) is 0 Å². The molecule has 0 spiro atoms. The number of nitrogens with one attached hydrogen (secondary N) is 2. The highest BCUT2D eigenvalue weighted by atomic mass is 16.2. The molecule has 36 heavy (non-hydrogen) atoms. The number of amides is 1. The summed E-state index contributed by atoms with van der Waals surface area (Å²) in [5, 5.41) is 6.05. The molecule has 0 saturated heterocycles. The van der Waals surface area contributed by atoms with Crippen LogP contribution in [-0.4, -0.2) is 26.6 Å². The molecule has 2 N–H and O–H groups in total. The normalized spacial score (nSPS) is 10.4. The number of benzene rings is 2. The van der Waals surface area contributed by atoms with E-state index >= 15 is 0 Å². The standard InChI is InChI=1S/C29H21N5O2/c35-28(20-8-3-1-4-9-20)24-12-7-15-32-27(24)29(36)34-26-19-22(14-17-31-26)21-13-16-30-25(18-21)33-23-10-5-2-6-11-23/h1-19H,(H,30,33)(H,31,34,36). The zero-order valence-corrected chi connectivity index (χ0v) is 19.1. The van der Waals surface area contributed by atoms with Crippen molar-refractivity contribution in [2.75, 3.05) is 10.6 Å². The number of carbonyl (C=O) groups excluding carboxylic acids is 2. The number of hydrogen-bond acceptors (Lipinski definition) is 6. The summed E-state index contributed by atoms with van der Waals surface area (Å²) in [6, 6.07) is 29.2. The molecule has 5 rings (SSSR count). The molecule has 7 nitrogen and oxygen atoms in total. The maximum atomic E-state index is 13.1. The number of ketones is 1. The van der Waals surface area contributed by atoms with Gasteiger partial charge in [-0.25, -0.2) is 9.97 Å².